The van der Waals surface area contributed by atoms with Gasteiger partial charge in [0, 0.05) is 0 Å². The van der Waals surface area contributed by atoms with Crippen LogP contribution in [0.2, 0.25) is 39.3 Å². The standard InChI is InChI=1S/C43H51N3P3Si2.Sb/c1-50(2,3)45-48(40-29-17-9-18-30-40,41-31-19-10-20-32-41)37-47(38-25-13-7-14-26-38,39-27-15-8-16-28-39)44-49(46-51(4,5)6,42-33-21-11-22-34-42)43-35-23-12-24-36-43;/h7-37,45-46H,1-6H3;/q+2;+1. The van der Waals surface area contributed by atoms with Crippen molar-refractivity contribution in [3.05, 3.63) is 182 Å². The van der Waals surface area contributed by atoms with Gasteiger partial charge in [0.15, 0.2) is 0 Å². The molecule has 0 saturated carbocycles. The van der Waals surface area contributed by atoms with Crippen LogP contribution in [0.3, 0.4) is 0 Å². The molecule has 0 amide bonds. The van der Waals surface area contributed by atoms with Crippen LogP contribution in [-0.4, -0.2) is 44.3 Å². The topological polar surface area (TPSA) is 27.3 Å². The van der Waals surface area contributed by atoms with Crippen molar-refractivity contribution in [1.82, 2.24) is 12.1 Å². The molecule has 1 heterocycles. The third kappa shape index (κ3) is 7.04. The Balaban J connectivity index is 1.66. The van der Waals surface area contributed by atoms with Gasteiger partial charge in [-0.05, 0) is 0 Å². The summed E-state index contributed by atoms with van der Waals surface area (Å²) in [6.07, 6.45) is 0. The van der Waals surface area contributed by atoms with Crippen LogP contribution in [0.4, 0.5) is 0 Å². The van der Waals surface area contributed by atoms with Crippen LogP contribution >= 0.6 is 22.4 Å². The van der Waals surface area contributed by atoms with Crippen LogP contribution < -0.4 is 41.3 Å². The van der Waals surface area contributed by atoms with E-state index < -0.39 is 60.8 Å². The minimum absolute atomic E-state index is 0.480. The second-order valence-corrected chi connectivity index (χ2v) is 43.6. The maximum atomic E-state index is 4.69. The van der Waals surface area contributed by atoms with Crippen LogP contribution in [0, 0.1) is 0 Å². The Bertz CT molecular complexity index is 1820. The summed E-state index contributed by atoms with van der Waals surface area (Å²) in [5.41, 5.74) is 0. The third-order valence-electron chi connectivity index (χ3n) is 9.33. The van der Waals surface area contributed by atoms with E-state index in [-0.39, 0.29) is 0 Å². The third-order valence-corrected chi connectivity index (χ3v) is 44.5. The Morgan fingerprint density at radius 1 is 0.442 bits per heavy atom. The number of hydrogen-bond acceptors (Lipinski definition) is 3. The molecule has 0 aliphatic carbocycles. The predicted octanol–water partition coefficient (Wildman–Crippen LogP) is 8.72. The van der Waals surface area contributed by atoms with Gasteiger partial charge in [-0.15, -0.1) is 0 Å². The number of nitrogens with zero attached hydrogens (tertiary/aromatic N) is 1. The van der Waals surface area contributed by atoms with E-state index in [1.165, 1.54) is 31.8 Å². The van der Waals surface area contributed by atoms with E-state index in [1.54, 1.807) is 0 Å². The first-order chi connectivity index (χ1) is 25.0. The first-order valence-corrected chi connectivity index (χ1v) is 33.2. The van der Waals surface area contributed by atoms with Gasteiger partial charge in [0.1, 0.15) is 0 Å². The van der Waals surface area contributed by atoms with Gasteiger partial charge < -0.3 is 0 Å². The maximum absolute atomic E-state index is 4.69. The second kappa shape index (κ2) is 15.5. The molecule has 0 bridgehead atoms. The molecule has 52 heavy (non-hydrogen) atoms. The molecule has 1 fully saturated rings. The van der Waals surface area contributed by atoms with Gasteiger partial charge >= 0.3 is 329 Å². The second-order valence-electron chi connectivity index (χ2n) is 15.5. The molecule has 6 aromatic carbocycles. The Kier molecular flexibility index (Phi) is 11.3. The molecule has 1 aliphatic rings. The van der Waals surface area contributed by atoms with Gasteiger partial charge in [-0.3, -0.25) is 0 Å². The van der Waals surface area contributed by atoms with E-state index in [9.17, 15) is 0 Å². The molecule has 1 atom stereocenters. The zero-order valence-corrected chi connectivity index (χ0v) is 38.4. The molecule has 0 spiro atoms. The van der Waals surface area contributed by atoms with E-state index in [1.807, 2.05) is 0 Å². The van der Waals surface area contributed by atoms with Gasteiger partial charge in [0.25, 0.3) is 0 Å². The van der Waals surface area contributed by atoms with Crippen LogP contribution in [0.5, 0.6) is 0 Å². The fourth-order valence-electron chi connectivity index (χ4n) is 7.60. The fraction of sp³-hybridized carbons (Fsp3) is 0.163. The first kappa shape index (κ1) is 38.0. The summed E-state index contributed by atoms with van der Waals surface area (Å²) in [7, 11) is -10.7. The average molecular weight is 881 g/mol. The first-order valence-electron chi connectivity index (χ1n) is 18.1. The summed E-state index contributed by atoms with van der Waals surface area (Å²) in [6, 6.07) is 70.0. The minimum atomic E-state index is -2.36. The molecule has 3 nitrogen and oxygen atoms in total. The fourth-order valence-corrected chi connectivity index (χ4v) is 56.7. The number of benzene rings is 6. The SMILES string of the molecule is C[Si](C)(C)N[P+](c1ccccc1)(c1ccccc1)[CH]1[Sb][N]([P+](N[Si](C)(C)C)(c2ccccc2)c2ccccc2)[P+]1(c1ccccc1)c1ccccc1. The molecule has 1 unspecified atom stereocenters. The Hall–Kier alpha value is -2.26. The van der Waals surface area contributed by atoms with Crippen LogP contribution in [0.25, 0.3) is 0 Å². The molecule has 7 rings (SSSR count). The van der Waals surface area contributed by atoms with Crippen molar-refractivity contribution in [1.29, 1.82) is 0 Å². The van der Waals surface area contributed by atoms with Crippen LogP contribution in [0.15, 0.2) is 182 Å². The summed E-state index contributed by atoms with van der Waals surface area (Å²) in [5, 5.41) is 8.85. The molecule has 2 N–H and O–H groups in total. The molecule has 0 aromatic heterocycles. The predicted molar refractivity (Wildman–Crippen MR) is 242 cm³/mol. The molecular weight excluding hydrogens is 829 g/mol. The number of nitrogens with one attached hydrogen (secondary N) is 2. The van der Waals surface area contributed by atoms with E-state index in [0.29, 0.717) is 3.35 Å². The van der Waals surface area contributed by atoms with E-state index in [2.05, 4.69) is 233 Å². The molecule has 6 aromatic rings. The van der Waals surface area contributed by atoms with Crippen molar-refractivity contribution < 1.29 is 0 Å². The summed E-state index contributed by atoms with van der Waals surface area (Å²) >= 11 is -1.14. The molecule has 1 aliphatic heterocycles. The van der Waals surface area contributed by atoms with Crippen molar-refractivity contribution in [3.63, 3.8) is 0 Å². The summed E-state index contributed by atoms with van der Waals surface area (Å²) in [5.74, 6) is 0. The normalized spacial score (nSPS) is 16.6. The molecule has 1 radical (unpaired) electrons. The van der Waals surface area contributed by atoms with Crippen molar-refractivity contribution in [2.24, 2.45) is 0 Å². The van der Waals surface area contributed by atoms with Gasteiger partial charge in [0.05, 0.1) is 0 Å². The summed E-state index contributed by atoms with van der Waals surface area (Å²) < 4.78 is 13.0. The van der Waals surface area contributed by atoms with Crippen molar-refractivity contribution in [2.45, 2.75) is 42.6 Å². The Morgan fingerprint density at radius 2 is 0.750 bits per heavy atom. The quantitative estimate of drug-likeness (QED) is 0.0953. The number of hydrogen-bond donors (Lipinski definition) is 2. The molecule has 1 saturated heterocycles. The number of rotatable bonds is 12. The summed E-state index contributed by atoms with van der Waals surface area (Å²) in [4.78, 5) is 0. The monoisotopic (exact) mass is 879 g/mol. The van der Waals surface area contributed by atoms with Crippen LogP contribution in [-0.2, 0) is 0 Å². The van der Waals surface area contributed by atoms with Gasteiger partial charge in [-0.2, -0.15) is 0 Å². The van der Waals surface area contributed by atoms with Crippen molar-refractivity contribution in [3.8, 4) is 0 Å². The van der Waals surface area contributed by atoms with E-state index in [0.717, 1.165) is 0 Å². The van der Waals surface area contributed by atoms with Gasteiger partial charge in [-0.1, -0.05) is 0 Å². The van der Waals surface area contributed by atoms with Crippen molar-refractivity contribution >= 4 is 92.6 Å². The van der Waals surface area contributed by atoms with Crippen LogP contribution in [0.1, 0.15) is 0 Å². The van der Waals surface area contributed by atoms with E-state index in [4.69, 9.17) is 0 Å². The summed E-state index contributed by atoms with van der Waals surface area (Å²) in [6.45, 7) is 15.0. The zero-order valence-electron chi connectivity index (χ0n) is 31.1. The van der Waals surface area contributed by atoms with Gasteiger partial charge in [-0.25, -0.2) is 0 Å². The van der Waals surface area contributed by atoms with Crippen molar-refractivity contribution in [2.75, 3.05) is 0 Å². The van der Waals surface area contributed by atoms with E-state index >= 15 is 0 Å². The Labute approximate surface area is 327 Å². The van der Waals surface area contributed by atoms with Gasteiger partial charge in [0.2, 0.25) is 0 Å². The average Bonchev–Trinajstić information content (AvgIpc) is 3.15. The zero-order chi connectivity index (χ0) is 36.5. The molecule has 263 valence electrons. The molecule has 9 heteroatoms. The molecular formula is C43H51N3P3SbSi2+3. The Morgan fingerprint density at radius 3 is 1.08 bits per heavy atom.